The Bertz CT molecular complexity index is 774. The number of rotatable bonds is 5. The van der Waals surface area contributed by atoms with E-state index in [1.54, 1.807) is 18.2 Å². The summed E-state index contributed by atoms with van der Waals surface area (Å²) in [4.78, 5) is 4.17. The van der Waals surface area contributed by atoms with Gasteiger partial charge in [-0.2, -0.15) is 0 Å². The number of hydrogen-bond donors (Lipinski definition) is 0. The minimum Gasteiger partial charge on any atom is -0.487 e. The Balaban J connectivity index is 1.59. The van der Waals surface area contributed by atoms with Gasteiger partial charge in [0.25, 0.3) is 0 Å². The highest BCUT2D eigenvalue weighted by molar-refractivity contribution is 6.30. The first kappa shape index (κ1) is 15.7. The number of aromatic nitrogens is 1. The Labute approximate surface area is 144 Å². The minimum atomic E-state index is 0.359. The van der Waals surface area contributed by atoms with Crippen LogP contribution in [0.5, 0.6) is 17.2 Å². The van der Waals surface area contributed by atoms with Crippen molar-refractivity contribution in [3.05, 3.63) is 82.6 Å². The van der Waals surface area contributed by atoms with Crippen molar-refractivity contribution in [3.63, 3.8) is 0 Å². The quantitative estimate of drug-likeness (QED) is 0.551. The van der Waals surface area contributed by atoms with Gasteiger partial charge in [0.05, 0.1) is 5.69 Å². The number of benzene rings is 2. The molecule has 0 saturated heterocycles. The van der Waals surface area contributed by atoms with Crippen LogP contribution in [0.4, 0.5) is 0 Å². The van der Waals surface area contributed by atoms with Crippen molar-refractivity contribution < 1.29 is 9.47 Å². The third-order valence-corrected chi connectivity index (χ3v) is 3.50. The molecule has 23 heavy (non-hydrogen) atoms. The fraction of sp³-hybridized carbons (Fsp3) is 0.0556. The molecule has 3 rings (SSSR count). The van der Waals surface area contributed by atoms with E-state index in [2.05, 4.69) is 4.98 Å². The largest absolute Gasteiger partial charge is 0.487 e. The molecule has 0 saturated carbocycles. The predicted octanol–water partition coefficient (Wildman–Crippen LogP) is 5.76. The number of halogens is 2. The van der Waals surface area contributed by atoms with E-state index in [1.165, 1.54) is 0 Å². The maximum absolute atomic E-state index is 5.85. The van der Waals surface area contributed by atoms with Crippen molar-refractivity contribution in [2.24, 2.45) is 0 Å². The molecule has 0 amide bonds. The van der Waals surface area contributed by atoms with Crippen LogP contribution in [0.15, 0.2) is 66.7 Å². The normalized spacial score (nSPS) is 10.3. The Kier molecular flexibility index (Phi) is 5.01. The van der Waals surface area contributed by atoms with Crippen molar-refractivity contribution in [2.75, 3.05) is 0 Å². The second kappa shape index (κ2) is 7.36. The lowest BCUT2D eigenvalue weighted by atomic mass is 10.3. The smallest absolute Gasteiger partial charge is 0.130 e. The van der Waals surface area contributed by atoms with Crippen LogP contribution in [0, 0.1) is 0 Å². The molecule has 0 aliphatic rings. The van der Waals surface area contributed by atoms with Gasteiger partial charge in [-0.1, -0.05) is 29.3 Å². The van der Waals surface area contributed by atoms with Crippen LogP contribution in [0.3, 0.4) is 0 Å². The average molecular weight is 346 g/mol. The van der Waals surface area contributed by atoms with E-state index in [0.29, 0.717) is 16.8 Å². The summed E-state index contributed by atoms with van der Waals surface area (Å²) in [7, 11) is 0. The zero-order chi connectivity index (χ0) is 16.1. The molecule has 0 unspecified atom stereocenters. The summed E-state index contributed by atoms with van der Waals surface area (Å²) in [5.74, 6) is 2.18. The molecule has 0 spiro atoms. The summed E-state index contributed by atoms with van der Waals surface area (Å²) in [6, 6.07) is 20.0. The standard InChI is InChI=1S/C18H13Cl2NO2/c19-13-4-6-16(7-5-13)23-17-10-8-15(9-11-17)22-12-14-2-1-3-18(20)21-14/h1-11H,12H2. The van der Waals surface area contributed by atoms with Gasteiger partial charge in [0, 0.05) is 5.02 Å². The highest BCUT2D eigenvalue weighted by atomic mass is 35.5. The van der Waals surface area contributed by atoms with Gasteiger partial charge in [-0.05, 0) is 60.7 Å². The summed E-state index contributed by atoms with van der Waals surface area (Å²) >= 11 is 11.7. The third-order valence-electron chi connectivity index (χ3n) is 3.03. The van der Waals surface area contributed by atoms with E-state index in [4.69, 9.17) is 32.7 Å². The first-order chi connectivity index (χ1) is 11.2. The molecule has 1 aromatic heterocycles. The predicted molar refractivity (Wildman–Crippen MR) is 91.5 cm³/mol. The lowest BCUT2D eigenvalue weighted by Gasteiger charge is -2.08. The maximum atomic E-state index is 5.85. The molecule has 116 valence electrons. The first-order valence-corrected chi connectivity index (χ1v) is 7.72. The Morgan fingerprint density at radius 3 is 2.00 bits per heavy atom. The summed E-state index contributed by atoms with van der Waals surface area (Å²) in [6.45, 7) is 0.359. The Morgan fingerprint density at radius 1 is 0.739 bits per heavy atom. The van der Waals surface area contributed by atoms with Gasteiger partial charge in [-0.25, -0.2) is 4.98 Å². The van der Waals surface area contributed by atoms with Crippen LogP contribution in [0.25, 0.3) is 0 Å². The van der Waals surface area contributed by atoms with E-state index < -0.39 is 0 Å². The van der Waals surface area contributed by atoms with Gasteiger partial charge in [-0.15, -0.1) is 0 Å². The summed E-state index contributed by atoms with van der Waals surface area (Å²) in [6.07, 6.45) is 0. The van der Waals surface area contributed by atoms with Crippen molar-refractivity contribution >= 4 is 23.2 Å². The summed E-state index contributed by atoms with van der Waals surface area (Å²) in [5.41, 5.74) is 0.777. The van der Waals surface area contributed by atoms with Crippen LogP contribution in [-0.2, 0) is 6.61 Å². The molecule has 2 aromatic carbocycles. The van der Waals surface area contributed by atoms with Crippen molar-refractivity contribution in [2.45, 2.75) is 6.61 Å². The van der Waals surface area contributed by atoms with Crippen LogP contribution in [0.2, 0.25) is 10.2 Å². The van der Waals surface area contributed by atoms with Gasteiger partial charge >= 0.3 is 0 Å². The molecule has 0 aliphatic carbocycles. The molecule has 3 nitrogen and oxygen atoms in total. The first-order valence-electron chi connectivity index (χ1n) is 6.97. The molecule has 5 heteroatoms. The van der Waals surface area contributed by atoms with Crippen LogP contribution < -0.4 is 9.47 Å². The second-order valence-corrected chi connectivity index (χ2v) is 5.59. The molecule has 0 radical (unpaired) electrons. The fourth-order valence-electron chi connectivity index (χ4n) is 1.93. The number of ether oxygens (including phenoxy) is 2. The maximum Gasteiger partial charge on any atom is 0.130 e. The average Bonchev–Trinajstić information content (AvgIpc) is 2.56. The minimum absolute atomic E-state index is 0.359. The molecular formula is C18H13Cl2NO2. The van der Waals surface area contributed by atoms with Crippen molar-refractivity contribution in [1.82, 2.24) is 4.98 Å². The molecule has 1 heterocycles. The monoisotopic (exact) mass is 345 g/mol. The molecule has 0 fully saturated rings. The van der Waals surface area contributed by atoms with E-state index in [1.807, 2.05) is 48.5 Å². The number of pyridine rings is 1. The lowest BCUT2D eigenvalue weighted by molar-refractivity contribution is 0.301. The van der Waals surface area contributed by atoms with Crippen molar-refractivity contribution in [1.29, 1.82) is 0 Å². The van der Waals surface area contributed by atoms with Gasteiger partial charge in [0.1, 0.15) is 29.0 Å². The fourth-order valence-corrected chi connectivity index (χ4v) is 2.24. The van der Waals surface area contributed by atoms with E-state index in [0.717, 1.165) is 22.9 Å². The SMILES string of the molecule is Clc1ccc(Oc2ccc(OCc3cccc(Cl)n3)cc2)cc1. The summed E-state index contributed by atoms with van der Waals surface area (Å²) in [5, 5.41) is 1.13. The Morgan fingerprint density at radius 2 is 1.35 bits per heavy atom. The molecule has 0 atom stereocenters. The van der Waals surface area contributed by atoms with Crippen LogP contribution in [-0.4, -0.2) is 4.98 Å². The van der Waals surface area contributed by atoms with E-state index >= 15 is 0 Å². The lowest BCUT2D eigenvalue weighted by Crippen LogP contribution is -1.98. The molecule has 0 bridgehead atoms. The highest BCUT2D eigenvalue weighted by Gasteiger charge is 2.01. The summed E-state index contributed by atoms with van der Waals surface area (Å²) < 4.78 is 11.4. The molecule has 0 N–H and O–H groups in total. The number of nitrogens with zero attached hydrogens (tertiary/aromatic N) is 1. The van der Waals surface area contributed by atoms with Gasteiger partial charge < -0.3 is 9.47 Å². The molecule has 0 aliphatic heterocycles. The van der Waals surface area contributed by atoms with Crippen LogP contribution >= 0.6 is 23.2 Å². The Hall–Kier alpha value is -2.23. The zero-order valence-electron chi connectivity index (χ0n) is 12.1. The second-order valence-electron chi connectivity index (χ2n) is 4.77. The van der Waals surface area contributed by atoms with E-state index in [-0.39, 0.29) is 0 Å². The third kappa shape index (κ3) is 4.62. The highest BCUT2D eigenvalue weighted by Crippen LogP contribution is 2.25. The van der Waals surface area contributed by atoms with Crippen molar-refractivity contribution in [3.8, 4) is 17.2 Å². The molecule has 3 aromatic rings. The van der Waals surface area contributed by atoms with Crippen LogP contribution in [0.1, 0.15) is 5.69 Å². The van der Waals surface area contributed by atoms with Gasteiger partial charge in [0.15, 0.2) is 0 Å². The van der Waals surface area contributed by atoms with Gasteiger partial charge in [-0.3, -0.25) is 0 Å². The topological polar surface area (TPSA) is 31.4 Å². The van der Waals surface area contributed by atoms with Gasteiger partial charge in [0.2, 0.25) is 0 Å². The number of hydrogen-bond acceptors (Lipinski definition) is 3. The zero-order valence-corrected chi connectivity index (χ0v) is 13.6. The van der Waals surface area contributed by atoms with E-state index in [9.17, 15) is 0 Å². The molecular weight excluding hydrogens is 333 g/mol.